The Morgan fingerprint density at radius 2 is 1.86 bits per heavy atom. The molecule has 28 heavy (non-hydrogen) atoms. The summed E-state index contributed by atoms with van der Waals surface area (Å²) in [6, 6.07) is 17.9. The van der Waals surface area contributed by atoms with E-state index >= 15 is 0 Å². The second-order valence-electron chi connectivity index (χ2n) is 6.90. The minimum absolute atomic E-state index is 0. The van der Waals surface area contributed by atoms with Crippen molar-refractivity contribution < 1.29 is 9.53 Å². The number of thiazole rings is 1. The van der Waals surface area contributed by atoms with Crippen LogP contribution in [0.3, 0.4) is 0 Å². The highest BCUT2D eigenvalue weighted by atomic mass is 35.5. The Labute approximate surface area is 174 Å². The maximum Gasteiger partial charge on any atom is 0.410 e. The third kappa shape index (κ3) is 4.04. The van der Waals surface area contributed by atoms with Crippen LogP contribution in [0.25, 0.3) is 10.4 Å². The van der Waals surface area contributed by atoms with E-state index in [2.05, 4.69) is 17.1 Å². The van der Waals surface area contributed by atoms with Gasteiger partial charge < -0.3 is 15.4 Å². The van der Waals surface area contributed by atoms with Gasteiger partial charge in [0.05, 0.1) is 21.6 Å². The van der Waals surface area contributed by atoms with Gasteiger partial charge in [-0.15, -0.1) is 23.7 Å². The first-order valence-electron chi connectivity index (χ1n) is 8.81. The molecule has 2 aromatic carbocycles. The minimum atomic E-state index is -0.521. The van der Waals surface area contributed by atoms with E-state index in [4.69, 9.17) is 10.5 Å². The van der Waals surface area contributed by atoms with Crippen LogP contribution in [0, 0.1) is 6.92 Å². The molecule has 5 nitrogen and oxygen atoms in total. The molecule has 146 valence electrons. The van der Waals surface area contributed by atoms with Crippen LogP contribution in [0.1, 0.15) is 16.8 Å². The summed E-state index contributed by atoms with van der Waals surface area (Å²) in [6.07, 6.45) is -0.322. The largest absolute Gasteiger partial charge is 0.445 e. The fourth-order valence-corrected chi connectivity index (χ4v) is 4.10. The molecule has 0 atom stereocenters. The number of likely N-dealkylation sites (tertiary alicyclic amines) is 1. The number of amides is 1. The highest BCUT2D eigenvalue weighted by Crippen LogP contribution is 2.33. The lowest BCUT2D eigenvalue weighted by molar-refractivity contribution is 0.0353. The molecule has 7 heteroatoms. The van der Waals surface area contributed by atoms with Crippen LogP contribution in [-0.4, -0.2) is 29.1 Å². The van der Waals surface area contributed by atoms with Crippen molar-refractivity contribution in [3.8, 4) is 10.4 Å². The lowest BCUT2D eigenvalue weighted by atomic mass is 9.83. The molecule has 1 amide bonds. The maximum absolute atomic E-state index is 12.2. The molecule has 0 radical (unpaired) electrons. The van der Waals surface area contributed by atoms with E-state index in [9.17, 15) is 4.79 Å². The molecule has 1 aliphatic heterocycles. The number of hydrogen-bond donors (Lipinski definition) is 1. The van der Waals surface area contributed by atoms with Crippen LogP contribution < -0.4 is 5.73 Å². The summed E-state index contributed by atoms with van der Waals surface area (Å²) in [5.41, 5.74) is 12.0. The molecule has 2 heterocycles. The number of nitrogens with zero attached hydrogens (tertiary/aromatic N) is 2. The van der Waals surface area contributed by atoms with Crippen molar-refractivity contribution in [3.05, 3.63) is 76.9 Å². The van der Waals surface area contributed by atoms with Gasteiger partial charge in [-0.05, 0) is 23.6 Å². The van der Waals surface area contributed by atoms with Crippen LogP contribution in [0.15, 0.2) is 60.1 Å². The molecule has 3 aromatic rings. The van der Waals surface area contributed by atoms with Crippen molar-refractivity contribution in [2.75, 3.05) is 13.1 Å². The maximum atomic E-state index is 12.2. The average molecular weight is 416 g/mol. The number of halogens is 1. The number of carbonyl (C=O) groups is 1. The van der Waals surface area contributed by atoms with Gasteiger partial charge >= 0.3 is 6.09 Å². The Hall–Kier alpha value is -2.41. The standard InChI is InChI=1S/C21H21N3O2S.ClH/c1-15-19(27-14-23-15)17-7-9-18(10-8-17)21(22)12-24(13-21)20(25)26-11-16-5-3-2-4-6-16;/h2-10,14H,11-13,22H2,1H3;1H. The van der Waals surface area contributed by atoms with Gasteiger partial charge in [-0.2, -0.15) is 0 Å². The molecule has 0 spiro atoms. The molecule has 1 fully saturated rings. The van der Waals surface area contributed by atoms with Gasteiger partial charge in [-0.1, -0.05) is 54.6 Å². The second kappa shape index (κ2) is 8.31. The predicted molar refractivity (Wildman–Crippen MR) is 114 cm³/mol. The van der Waals surface area contributed by atoms with Gasteiger partial charge in [-0.3, -0.25) is 0 Å². The molecule has 1 aliphatic rings. The van der Waals surface area contributed by atoms with Gasteiger partial charge in [0.25, 0.3) is 0 Å². The van der Waals surface area contributed by atoms with E-state index in [0.29, 0.717) is 13.1 Å². The van der Waals surface area contributed by atoms with Crippen molar-refractivity contribution in [2.24, 2.45) is 5.73 Å². The minimum Gasteiger partial charge on any atom is -0.445 e. The number of aryl methyl sites for hydroxylation is 1. The SMILES string of the molecule is Cc1ncsc1-c1ccc(C2(N)CN(C(=O)OCc3ccccc3)C2)cc1.Cl. The Morgan fingerprint density at radius 3 is 2.46 bits per heavy atom. The van der Waals surface area contributed by atoms with Gasteiger partial charge in [0.15, 0.2) is 0 Å². The Balaban J connectivity index is 0.00000225. The van der Waals surface area contributed by atoms with Crippen molar-refractivity contribution >= 4 is 29.8 Å². The molecule has 0 saturated carbocycles. The smallest absolute Gasteiger partial charge is 0.410 e. The van der Waals surface area contributed by atoms with E-state index in [0.717, 1.165) is 22.4 Å². The lowest BCUT2D eigenvalue weighted by Crippen LogP contribution is -2.66. The van der Waals surface area contributed by atoms with Crippen LogP contribution in [0.2, 0.25) is 0 Å². The monoisotopic (exact) mass is 415 g/mol. The Morgan fingerprint density at radius 1 is 1.18 bits per heavy atom. The Bertz CT molecular complexity index is 938. The van der Waals surface area contributed by atoms with Crippen molar-refractivity contribution in [1.29, 1.82) is 0 Å². The summed E-state index contributed by atoms with van der Waals surface area (Å²) < 4.78 is 5.37. The molecule has 1 aromatic heterocycles. The zero-order valence-corrected chi connectivity index (χ0v) is 17.1. The summed E-state index contributed by atoms with van der Waals surface area (Å²) in [5.74, 6) is 0. The molecule has 0 aliphatic carbocycles. The molecular weight excluding hydrogens is 394 g/mol. The van der Waals surface area contributed by atoms with Gasteiger partial charge in [0.1, 0.15) is 6.61 Å². The normalized spacial score (nSPS) is 14.7. The van der Waals surface area contributed by atoms with E-state index in [1.807, 2.05) is 54.9 Å². The van der Waals surface area contributed by atoms with Gasteiger partial charge in [0, 0.05) is 13.1 Å². The Kier molecular flexibility index (Phi) is 6.03. The summed E-state index contributed by atoms with van der Waals surface area (Å²) >= 11 is 1.63. The average Bonchev–Trinajstić information content (AvgIpc) is 3.10. The first-order chi connectivity index (χ1) is 13.0. The lowest BCUT2D eigenvalue weighted by Gasteiger charge is -2.47. The van der Waals surface area contributed by atoms with Crippen LogP contribution in [-0.2, 0) is 16.9 Å². The topological polar surface area (TPSA) is 68.5 Å². The van der Waals surface area contributed by atoms with Crippen LogP contribution >= 0.6 is 23.7 Å². The number of rotatable bonds is 4. The highest BCUT2D eigenvalue weighted by Gasteiger charge is 2.44. The first-order valence-corrected chi connectivity index (χ1v) is 9.69. The van der Waals surface area contributed by atoms with E-state index in [-0.39, 0.29) is 25.1 Å². The number of ether oxygens (including phenoxy) is 1. The fourth-order valence-electron chi connectivity index (χ4n) is 3.29. The summed E-state index contributed by atoms with van der Waals surface area (Å²) in [5, 5.41) is 0. The predicted octanol–water partition coefficient (Wildman–Crippen LogP) is 4.35. The summed E-state index contributed by atoms with van der Waals surface area (Å²) in [6.45, 7) is 3.20. The third-order valence-electron chi connectivity index (χ3n) is 4.88. The van der Waals surface area contributed by atoms with Crippen molar-refractivity contribution in [3.63, 3.8) is 0 Å². The first kappa shape index (κ1) is 20.3. The number of aromatic nitrogens is 1. The highest BCUT2D eigenvalue weighted by molar-refractivity contribution is 7.13. The number of carbonyl (C=O) groups excluding carboxylic acids is 1. The second-order valence-corrected chi connectivity index (χ2v) is 7.75. The van der Waals surface area contributed by atoms with Crippen LogP contribution in [0.5, 0.6) is 0 Å². The molecule has 2 N–H and O–H groups in total. The number of hydrogen-bond acceptors (Lipinski definition) is 5. The van der Waals surface area contributed by atoms with E-state index < -0.39 is 5.54 Å². The van der Waals surface area contributed by atoms with Crippen LogP contribution in [0.4, 0.5) is 4.79 Å². The van der Waals surface area contributed by atoms with E-state index in [1.54, 1.807) is 16.2 Å². The summed E-state index contributed by atoms with van der Waals surface area (Å²) in [4.78, 5) is 19.3. The number of benzene rings is 2. The quantitative estimate of drug-likeness (QED) is 0.687. The van der Waals surface area contributed by atoms with Crippen molar-refractivity contribution in [2.45, 2.75) is 19.1 Å². The zero-order valence-electron chi connectivity index (χ0n) is 15.5. The summed E-state index contributed by atoms with van der Waals surface area (Å²) in [7, 11) is 0. The van der Waals surface area contributed by atoms with Gasteiger partial charge in [0.2, 0.25) is 0 Å². The van der Waals surface area contributed by atoms with Gasteiger partial charge in [-0.25, -0.2) is 9.78 Å². The molecule has 4 rings (SSSR count). The molecule has 1 saturated heterocycles. The molecular formula is C21H22ClN3O2S. The van der Waals surface area contributed by atoms with E-state index in [1.165, 1.54) is 4.88 Å². The third-order valence-corrected chi connectivity index (χ3v) is 5.85. The van der Waals surface area contributed by atoms with Crippen molar-refractivity contribution in [1.82, 2.24) is 9.88 Å². The number of nitrogens with two attached hydrogens (primary N) is 1. The fraction of sp³-hybridized carbons (Fsp3) is 0.238. The molecule has 0 bridgehead atoms. The zero-order chi connectivity index (χ0) is 18.9. The molecule has 0 unspecified atom stereocenters.